The van der Waals surface area contributed by atoms with Gasteiger partial charge in [-0.15, -0.1) is 0 Å². The van der Waals surface area contributed by atoms with Gasteiger partial charge in [-0.05, 0) is 22.0 Å². The Balaban J connectivity index is 2.59. The molecule has 0 spiro atoms. The van der Waals surface area contributed by atoms with Crippen molar-refractivity contribution in [2.45, 2.75) is 12.6 Å². The molecule has 0 fully saturated rings. The fraction of sp³-hybridized carbons (Fsp3) is 0.429. The van der Waals surface area contributed by atoms with E-state index >= 15 is 0 Å². The van der Waals surface area contributed by atoms with Gasteiger partial charge in [-0.1, -0.05) is 0 Å². The van der Waals surface area contributed by atoms with Gasteiger partial charge in [-0.25, -0.2) is 0 Å². The van der Waals surface area contributed by atoms with E-state index in [0.29, 0.717) is 6.54 Å². The highest BCUT2D eigenvalue weighted by Gasteiger charge is 2.15. The van der Waals surface area contributed by atoms with E-state index in [9.17, 15) is 4.79 Å². The van der Waals surface area contributed by atoms with Crippen molar-refractivity contribution in [2.75, 3.05) is 7.11 Å². The third kappa shape index (κ3) is 2.53. The second-order valence-electron chi connectivity index (χ2n) is 2.47. The lowest BCUT2D eigenvalue weighted by molar-refractivity contribution is -0.142. The molecule has 0 amide bonds. The van der Waals surface area contributed by atoms with E-state index in [4.69, 9.17) is 5.73 Å². The Kier molecular flexibility index (Phi) is 3.44. The van der Waals surface area contributed by atoms with Crippen LogP contribution >= 0.6 is 15.9 Å². The minimum Gasteiger partial charge on any atom is -0.468 e. The van der Waals surface area contributed by atoms with Crippen molar-refractivity contribution in [3.8, 4) is 0 Å². The number of esters is 1. The van der Waals surface area contributed by atoms with E-state index in [1.807, 2.05) is 0 Å². The van der Waals surface area contributed by atoms with Gasteiger partial charge < -0.3 is 10.5 Å². The first-order valence-electron chi connectivity index (χ1n) is 3.66. The summed E-state index contributed by atoms with van der Waals surface area (Å²) in [5, 5.41) is 3.95. The topological polar surface area (TPSA) is 70.1 Å². The van der Waals surface area contributed by atoms with Gasteiger partial charge in [0, 0.05) is 0 Å². The predicted octanol–water partition coefficient (Wildman–Crippen LogP) is 0.146. The van der Waals surface area contributed by atoms with Crippen LogP contribution < -0.4 is 5.73 Å². The molecule has 1 atom stereocenters. The zero-order chi connectivity index (χ0) is 9.84. The quantitative estimate of drug-likeness (QED) is 0.773. The van der Waals surface area contributed by atoms with E-state index in [-0.39, 0.29) is 0 Å². The van der Waals surface area contributed by atoms with E-state index < -0.39 is 12.0 Å². The highest BCUT2D eigenvalue weighted by Crippen LogP contribution is 2.07. The average molecular weight is 248 g/mol. The van der Waals surface area contributed by atoms with Crippen molar-refractivity contribution in [3.63, 3.8) is 0 Å². The second kappa shape index (κ2) is 4.38. The first kappa shape index (κ1) is 10.2. The fourth-order valence-corrected chi connectivity index (χ4v) is 1.22. The number of nitrogens with zero attached hydrogens (tertiary/aromatic N) is 2. The molecule has 0 aliphatic carbocycles. The lowest BCUT2D eigenvalue weighted by atomic mass is 10.3. The van der Waals surface area contributed by atoms with Gasteiger partial charge in [0.25, 0.3) is 0 Å². The Morgan fingerprint density at radius 2 is 2.62 bits per heavy atom. The number of rotatable bonds is 3. The van der Waals surface area contributed by atoms with Crippen LogP contribution in [0.25, 0.3) is 0 Å². The van der Waals surface area contributed by atoms with Crippen molar-refractivity contribution in [1.82, 2.24) is 9.78 Å². The molecule has 5 nitrogen and oxygen atoms in total. The monoisotopic (exact) mass is 247 g/mol. The molecular weight excluding hydrogens is 238 g/mol. The van der Waals surface area contributed by atoms with E-state index in [1.165, 1.54) is 7.11 Å². The number of hydrogen-bond donors (Lipinski definition) is 1. The smallest absolute Gasteiger partial charge is 0.324 e. The number of hydrogen-bond acceptors (Lipinski definition) is 4. The largest absolute Gasteiger partial charge is 0.468 e. The molecule has 0 saturated carbocycles. The predicted molar refractivity (Wildman–Crippen MR) is 49.9 cm³/mol. The first-order chi connectivity index (χ1) is 6.15. The molecule has 1 heterocycles. The Labute approximate surface area is 84.0 Å². The molecule has 0 bridgehead atoms. The van der Waals surface area contributed by atoms with E-state index in [0.717, 1.165) is 4.60 Å². The van der Waals surface area contributed by atoms with Crippen molar-refractivity contribution in [3.05, 3.63) is 16.9 Å². The molecule has 6 heteroatoms. The number of carbonyl (C=O) groups excluding carboxylic acids is 1. The van der Waals surface area contributed by atoms with Gasteiger partial charge in [-0.2, -0.15) is 5.10 Å². The highest BCUT2D eigenvalue weighted by molar-refractivity contribution is 9.10. The SMILES string of the molecule is COC(=O)C(N)Cn1nccc1Br. The third-order valence-electron chi connectivity index (χ3n) is 1.54. The summed E-state index contributed by atoms with van der Waals surface area (Å²) in [6.45, 7) is 0.306. The Morgan fingerprint density at radius 1 is 1.92 bits per heavy atom. The average Bonchev–Trinajstić information content (AvgIpc) is 2.50. The molecule has 0 saturated heterocycles. The normalized spacial score (nSPS) is 12.5. The summed E-state index contributed by atoms with van der Waals surface area (Å²) < 4.78 is 6.85. The van der Waals surface area contributed by atoms with Gasteiger partial charge in [-0.3, -0.25) is 9.48 Å². The maximum atomic E-state index is 10.9. The molecule has 0 aliphatic rings. The molecule has 0 aromatic carbocycles. The second-order valence-corrected chi connectivity index (χ2v) is 3.28. The van der Waals surface area contributed by atoms with Crippen molar-refractivity contribution in [1.29, 1.82) is 0 Å². The number of methoxy groups -OCH3 is 1. The number of nitrogens with two attached hydrogens (primary N) is 1. The van der Waals surface area contributed by atoms with Gasteiger partial charge in [0.05, 0.1) is 19.9 Å². The van der Waals surface area contributed by atoms with Crippen LogP contribution in [0, 0.1) is 0 Å². The van der Waals surface area contributed by atoms with Crippen molar-refractivity contribution >= 4 is 21.9 Å². The van der Waals surface area contributed by atoms with Crippen LogP contribution in [0.15, 0.2) is 16.9 Å². The van der Waals surface area contributed by atoms with Crippen LogP contribution in [0.4, 0.5) is 0 Å². The van der Waals surface area contributed by atoms with E-state index in [1.54, 1.807) is 16.9 Å². The summed E-state index contributed by atoms with van der Waals surface area (Å²) in [5.74, 6) is -0.442. The van der Waals surface area contributed by atoms with Gasteiger partial charge in [0.1, 0.15) is 10.6 Å². The number of halogens is 1. The Hall–Kier alpha value is -0.880. The fourth-order valence-electron chi connectivity index (χ4n) is 0.863. The summed E-state index contributed by atoms with van der Waals surface area (Å²) >= 11 is 3.26. The van der Waals surface area contributed by atoms with Crippen LogP contribution in [0.1, 0.15) is 0 Å². The lowest BCUT2D eigenvalue weighted by Gasteiger charge is -2.09. The zero-order valence-electron chi connectivity index (χ0n) is 7.11. The maximum absolute atomic E-state index is 10.9. The van der Waals surface area contributed by atoms with Crippen molar-refractivity contribution < 1.29 is 9.53 Å². The van der Waals surface area contributed by atoms with Gasteiger partial charge in [0.15, 0.2) is 0 Å². The zero-order valence-corrected chi connectivity index (χ0v) is 8.69. The van der Waals surface area contributed by atoms with E-state index in [2.05, 4.69) is 25.8 Å². The van der Waals surface area contributed by atoms with Gasteiger partial charge >= 0.3 is 5.97 Å². The maximum Gasteiger partial charge on any atom is 0.324 e. The summed E-state index contributed by atoms with van der Waals surface area (Å²) in [6, 6.07) is 1.09. The van der Waals surface area contributed by atoms with Crippen LogP contribution in [0.3, 0.4) is 0 Å². The van der Waals surface area contributed by atoms with Crippen molar-refractivity contribution in [2.24, 2.45) is 5.73 Å². The lowest BCUT2D eigenvalue weighted by Crippen LogP contribution is -2.36. The molecule has 72 valence electrons. The standard InChI is InChI=1S/C7H10BrN3O2/c1-13-7(12)5(9)4-11-6(8)2-3-10-11/h2-3,5H,4,9H2,1H3. The minimum atomic E-state index is -0.679. The van der Waals surface area contributed by atoms with Crippen LogP contribution in [0.2, 0.25) is 0 Å². The van der Waals surface area contributed by atoms with Crippen LogP contribution in [-0.2, 0) is 16.1 Å². The molecule has 1 unspecified atom stereocenters. The molecule has 1 aromatic rings. The molecule has 0 radical (unpaired) electrons. The first-order valence-corrected chi connectivity index (χ1v) is 4.45. The molecule has 1 rings (SSSR count). The number of ether oxygens (including phenoxy) is 1. The molecule has 13 heavy (non-hydrogen) atoms. The molecule has 1 aromatic heterocycles. The summed E-state index contributed by atoms with van der Waals surface area (Å²) in [4.78, 5) is 10.9. The van der Waals surface area contributed by atoms with Crippen LogP contribution in [-0.4, -0.2) is 28.9 Å². The number of carbonyl (C=O) groups is 1. The Bertz CT molecular complexity index is 300. The highest BCUT2D eigenvalue weighted by atomic mass is 79.9. The molecule has 2 N–H and O–H groups in total. The summed E-state index contributed by atoms with van der Waals surface area (Å²) in [5.41, 5.74) is 5.53. The number of aromatic nitrogens is 2. The molecular formula is C7H10BrN3O2. The third-order valence-corrected chi connectivity index (χ3v) is 2.21. The summed E-state index contributed by atoms with van der Waals surface area (Å²) in [6.07, 6.45) is 1.62. The van der Waals surface area contributed by atoms with Gasteiger partial charge in [0.2, 0.25) is 0 Å². The molecule has 0 aliphatic heterocycles. The minimum absolute atomic E-state index is 0.306. The summed E-state index contributed by atoms with van der Waals surface area (Å²) in [7, 11) is 1.31. The van der Waals surface area contributed by atoms with Crippen LogP contribution in [0.5, 0.6) is 0 Å². The Morgan fingerprint density at radius 3 is 3.08 bits per heavy atom.